The maximum absolute atomic E-state index is 12.6. The second-order valence-electron chi connectivity index (χ2n) is 7.00. The predicted octanol–water partition coefficient (Wildman–Crippen LogP) is 2.61. The summed E-state index contributed by atoms with van der Waals surface area (Å²) in [6, 6.07) is 10.2. The molecule has 1 atom stereocenters. The van der Waals surface area contributed by atoms with Gasteiger partial charge in [-0.3, -0.25) is 14.3 Å². The lowest BCUT2D eigenvalue weighted by Gasteiger charge is -2.32. The molecule has 26 heavy (non-hydrogen) atoms. The highest BCUT2D eigenvalue weighted by molar-refractivity contribution is 5.76. The first kappa shape index (κ1) is 18.2. The molecule has 1 N–H and O–H groups in total. The van der Waals surface area contributed by atoms with Gasteiger partial charge in [0.15, 0.2) is 0 Å². The summed E-state index contributed by atoms with van der Waals surface area (Å²) in [5.74, 6) is -0.543. The molecule has 3 rings (SSSR count). The number of carbonyl (C=O) groups excluding carboxylic acids is 1. The maximum Gasteiger partial charge on any atom is 0.325 e. The minimum Gasteiger partial charge on any atom is -0.480 e. The summed E-state index contributed by atoms with van der Waals surface area (Å²) in [7, 11) is 0. The molecule has 1 aromatic carbocycles. The van der Waals surface area contributed by atoms with E-state index in [1.165, 1.54) is 15.8 Å². The Morgan fingerprint density at radius 1 is 1.23 bits per heavy atom. The number of likely N-dealkylation sites (tertiary alicyclic amines) is 1. The van der Waals surface area contributed by atoms with Crippen molar-refractivity contribution in [2.45, 2.75) is 45.1 Å². The van der Waals surface area contributed by atoms with Crippen LogP contribution >= 0.6 is 0 Å². The Kier molecular flexibility index (Phi) is 5.71. The van der Waals surface area contributed by atoms with Gasteiger partial charge >= 0.3 is 5.97 Å². The molecule has 0 saturated carbocycles. The third-order valence-electron chi connectivity index (χ3n) is 4.90. The Hall–Kier alpha value is -2.63. The molecule has 1 aliphatic rings. The Bertz CT molecular complexity index is 767. The number of aliphatic carboxylic acids is 1. The first-order chi connectivity index (χ1) is 12.5. The fourth-order valence-corrected chi connectivity index (χ4v) is 3.43. The molecule has 1 fully saturated rings. The van der Waals surface area contributed by atoms with Gasteiger partial charge in [0.25, 0.3) is 0 Å². The fourth-order valence-electron chi connectivity index (χ4n) is 3.43. The van der Waals surface area contributed by atoms with Crippen LogP contribution in [0.15, 0.2) is 36.5 Å². The van der Waals surface area contributed by atoms with E-state index in [2.05, 4.69) is 36.3 Å². The van der Waals surface area contributed by atoms with Gasteiger partial charge in [0.05, 0.1) is 5.69 Å². The molecule has 0 unspecified atom stereocenters. The second kappa shape index (κ2) is 8.17. The highest BCUT2D eigenvalue weighted by Crippen LogP contribution is 2.26. The van der Waals surface area contributed by atoms with Gasteiger partial charge in [-0.1, -0.05) is 29.8 Å². The quantitative estimate of drug-likeness (QED) is 0.864. The maximum atomic E-state index is 12.6. The van der Waals surface area contributed by atoms with Crippen molar-refractivity contribution in [1.82, 2.24) is 14.7 Å². The molecular weight excluding hydrogens is 330 g/mol. The Morgan fingerprint density at radius 2 is 2.00 bits per heavy atom. The summed E-state index contributed by atoms with van der Waals surface area (Å²) in [5, 5.41) is 13.2. The van der Waals surface area contributed by atoms with Crippen LogP contribution in [0.25, 0.3) is 0 Å². The molecule has 1 aliphatic heterocycles. The molecule has 1 aromatic heterocycles. The van der Waals surface area contributed by atoms with Crippen LogP contribution in [0.3, 0.4) is 0 Å². The van der Waals surface area contributed by atoms with E-state index in [0.29, 0.717) is 13.0 Å². The van der Waals surface area contributed by atoms with E-state index in [1.54, 1.807) is 6.20 Å². The van der Waals surface area contributed by atoms with E-state index in [9.17, 15) is 9.59 Å². The van der Waals surface area contributed by atoms with E-state index < -0.39 is 5.97 Å². The summed E-state index contributed by atoms with van der Waals surface area (Å²) >= 11 is 0. The number of carboxylic acids is 1. The molecule has 0 aliphatic carbocycles. The number of benzene rings is 1. The number of aromatic nitrogens is 2. The number of aryl methyl sites for hydroxylation is 2. The molecule has 2 heterocycles. The minimum absolute atomic E-state index is 0.133. The van der Waals surface area contributed by atoms with Crippen LogP contribution in [0.5, 0.6) is 0 Å². The number of amides is 1. The van der Waals surface area contributed by atoms with Crippen LogP contribution in [0, 0.1) is 6.92 Å². The molecule has 1 amide bonds. The summed E-state index contributed by atoms with van der Waals surface area (Å²) in [4.78, 5) is 25.3. The number of carbonyl (C=O) groups is 2. The summed E-state index contributed by atoms with van der Waals surface area (Å²) in [6.07, 6.45) is 4.90. The first-order valence-corrected chi connectivity index (χ1v) is 9.10. The van der Waals surface area contributed by atoms with Crippen LogP contribution in [-0.2, 0) is 22.6 Å². The summed E-state index contributed by atoms with van der Waals surface area (Å²) in [6.45, 7) is 3.38. The number of piperidine rings is 1. The first-order valence-electron chi connectivity index (χ1n) is 9.10. The van der Waals surface area contributed by atoms with Gasteiger partial charge < -0.3 is 10.0 Å². The molecule has 0 radical (unpaired) electrons. The minimum atomic E-state index is -0.906. The Morgan fingerprint density at radius 3 is 2.73 bits per heavy atom. The topological polar surface area (TPSA) is 75.4 Å². The van der Waals surface area contributed by atoms with Crippen molar-refractivity contribution in [2.75, 3.05) is 13.1 Å². The lowest BCUT2D eigenvalue weighted by Crippen LogP contribution is -2.39. The Labute approximate surface area is 153 Å². The molecule has 6 nitrogen and oxygen atoms in total. The van der Waals surface area contributed by atoms with Crippen LogP contribution in [0.2, 0.25) is 0 Å². The normalized spacial score (nSPS) is 17.3. The number of carboxylic acid groups (broad SMARTS) is 1. The van der Waals surface area contributed by atoms with Gasteiger partial charge in [-0.05, 0) is 37.8 Å². The lowest BCUT2D eigenvalue weighted by molar-refractivity contribution is -0.138. The fraction of sp³-hybridized carbons (Fsp3) is 0.450. The van der Waals surface area contributed by atoms with Crippen LogP contribution in [-0.4, -0.2) is 44.8 Å². The predicted molar refractivity (Wildman–Crippen MR) is 97.9 cm³/mol. The van der Waals surface area contributed by atoms with E-state index in [0.717, 1.165) is 31.5 Å². The largest absolute Gasteiger partial charge is 0.480 e. The third kappa shape index (κ3) is 4.71. The summed E-state index contributed by atoms with van der Waals surface area (Å²) in [5.41, 5.74) is 3.29. The van der Waals surface area contributed by atoms with Crippen molar-refractivity contribution in [3.63, 3.8) is 0 Å². The lowest BCUT2D eigenvalue weighted by atomic mass is 9.94. The number of rotatable bonds is 6. The van der Waals surface area contributed by atoms with E-state index >= 15 is 0 Å². The Balaban J connectivity index is 1.55. The van der Waals surface area contributed by atoms with Crippen molar-refractivity contribution in [2.24, 2.45) is 0 Å². The number of nitrogens with zero attached hydrogens (tertiary/aromatic N) is 3. The van der Waals surface area contributed by atoms with Crippen molar-refractivity contribution in [3.8, 4) is 0 Å². The highest BCUT2D eigenvalue weighted by atomic mass is 16.4. The highest BCUT2D eigenvalue weighted by Gasteiger charge is 2.26. The van der Waals surface area contributed by atoms with Gasteiger partial charge in [-0.2, -0.15) is 5.10 Å². The van der Waals surface area contributed by atoms with Crippen LogP contribution < -0.4 is 0 Å². The third-order valence-corrected chi connectivity index (χ3v) is 4.90. The molecular formula is C20H25N3O3. The van der Waals surface area contributed by atoms with E-state index in [1.807, 2.05) is 11.0 Å². The zero-order valence-corrected chi connectivity index (χ0v) is 15.1. The van der Waals surface area contributed by atoms with E-state index in [-0.39, 0.29) is 18.4 Å². The smallest absolute Gasteiger partial charge is 0.325 e. The van der Waals surface area contributed by atoms with Crippen molar-refractivity contribution in [3.05, 3.63) is 53.3 Å². The summed E-state index contributed by atoms with van der Waals surface area (Å²) < 4.78 is 1.44. The van der Waals surface area contributed by atoms with Gasteiger partial charge in [-0.25, -0.2) is 0 Å². The van der Waals surface area contributed by atoms with Crippen LogP contribution in [0.4, 0.5) is 0 Å². The average Bonchev–Trinajstić information content (AvgIpc) is 3.09. The van der Waals surface area contributed by atoms with E-state index in [4.69, 9.17) is 5.11 Å². The standard InChI is InChI=1S/C20H25N3O3/c1-15-4-6-16(7-5-15)8-9-19(24)22-11-2-3-17(13-22)18-10-12-23(21-18)14-20(25)26/h4-7,10,12,17H,2-3,8-9,11,13-14H2,1H3,(H,25,26)/t17-/m1/s1. The molecule has 0 spiro atoms. The second-order valence-corrected chi connectivity index (χ2v) is 7.00. The van der Waals surface area contributed by atoms with Crippen molar-refractivity contribution >= 4 is 11.9 Å². The molecule has 0 bridgehead atoms. The van der Waals surface area contributed by atoms with Crippen LogP contribution in [0.1, 0.15) is 42.0 Å². The SMILES string of the molecule is Cc1ccc(CCC(=O)N2CCC[C@@H](c3ccn(CC(=O)O)n3)C2)cc1. The van der Waals surface area contributed by atoms with Crippen molar-refractivity contribution < 1.29 is 14.7 Å². The molecule has 138 valence electrons. The molecule has 6 heteroatoms. The molecule has 2 aromatic rings. The average molecular weight is 355 g/mol. The monoisotopic (exact) mass is 355 g/mol. The van der Waals surface area contributed by atoms with Gasteiger partial charge in [-0.15, -0.1) is 0 Å². The zero-order chi connectivity index (χ0) is 18.5. The van der Waals surface area contributed by atoms with Gasteiger partial charge in [0.2, 0.25) is 5.91 Å². The van der Waals surface area contributed by atoms with Gasteiger partial charge in [0, 0.05) is 31.6 Å². The van der Waals surface area contributed by atoms with Crippen molar-refractivity contribution in [1.29, 1.82) is 0 Å². The van der Waals surface area contributed by atoms with Gasteiger partial charge in [0.1, 0.15) is 6.54 Å². The zero-order valence-electron chi connectivity index (χ0n) is 15.1. The number of hydrogen-bond acceptors (Lipinski definition) is 3. The molecule has 1 saturated heterocycles. The number of hydrogen-bond donors (Lipinski definition) is 1.